The lowest BCUT2D eigenvalue weighted by Gasteiger charge is -2.18. The van der Waals surface area contributed by atoms with Crippen molar-refractivity contribution >= 4 is 23.2 Å². The Morgan fingerprint density at radius 3 is 2.17 bits per heavy atom. The van der Waals surface area contributed by atoms with Gasteiger partial charge in [0, 0.05) is 10.7 Å². The van der Waals surface area contributed by atoms with Crippen molar-refractivity contribution in [3.05, 3.63) is 58.6 Å². The zero-order valence-corrected chi connectivity index (χ0v) is 14.5. The van der Waals surface area contributed by atoms with E-state index >= 15 is 0 Å². The number of halogens is 1. The minimum absolute atomic E-state index is 0.157. The Balaban J connectivity index is 2.10. The molecule has 0 saturated carbocycles. The number of nitrogens with one attached hydrogen (secondary N) is 1. The van der Waals surface area contributed by atoms with E-state index < -0.39 is 6.10 Å². The van der Waals surface area contributed by atoms with Gasteiger partial charge in [-0.2, -0.15) is 0 Å². The molecule has 1 atom stereocenters. The largest absolute Gasteiger partial charge is 0.481 e. The summed E-state index contributed by atoms with van der Waals surface area (Å²) in [4.78, 5) is 12.5. The molecule has 0 aliphatic heterocycles. The monoisotopic (exact) mass is 331 g/mol. The van der Waals surface area contributed by atoms with Crippen LogP contribution >= 0.6 is 11.6 Å². The van der Waals surface area contributed by atoms with E-state index in [2.05, 4.69) is 19.2 Å². The molecule has 23 heavy (non-hydrogen) atoms. The van der Waals surface area contributed by atoms with Gasteiger partial charge >= 0.3 is 0 Å². The standard InChI is InChI=1S/C19H22ClNO2/c1-4-14-7-6-8-15(5-2)18(14)21-19(22)13(3)23-17-11-9-16(20)10-12-17/h6-13H,4-5H2,1-3H3,(H,21,22)/t13-/m0/s1. The lowest BCUT2D eigenvalue weighted by molar-refractivity contribution is -0.122. The first-order valence-corrected chi connectivity index (χ1v) is 8.26. The van der Waals surface area contributed by atoms with Crippen LogP contribution < -0.4 is 10.1 Å². The number of ether oxygens (including phenoxy) is 1. The van der Waals surface area contributed by atoms with Crippen LogP contribution in [0.25, 0.3) is 0 Å². The van der Waals surface area contributed by atoms with Gasteiger partial charge in [-0.3, -0.25) is 4.79 Å². The molecule has 0 unspecified atom stereocenters. The zero-order chi connectivity index (χ0) is 16.8. The molecule has 0 aliphatic carbocycles. The predicted octanol–water partition coefficient (Wildman–Crippen LogP) is 4.87. The fraction of sp³-hybridized carbons (Fsp3) is 0.316. The molecule has 0 aromatic heterocycles. The second-order valence-corrected chi connectivity index (χ2v) is 5.80. The summed E-state index contributed by atoms with van der Waals surface area (Å²) in [6.45, 7) is 5.90. The number of hydrogen-bond acceptors (Lipinski definition) is 2. The average molecular weight is 332 g/mol. The highest BCUT2D eigenvalue weighted by Gasteiger charge is 2.17. The number of amides is 1. The van der Waals surface area contributed by atoms with Gasteiger partial charge < -0.3 is 10.1 Å². The molecule has 0 saturated heterocycles. The third-order valence-corrected chi connectivity index (χ3v) is 3.99. The summed E-state index contributed by atoms with van der Waals surface area (Å²) < 4.78 is 5.68. The molecule has 0 bridgehead atoms. The molecule has 1 N–H and O–H groups in total. The van der Waals surface area contributed by atoms with Crippen molar-refractivity contribution in [3.63, 3.8) is 0 Å². The first-order valence-electron chi connectivity index (χ1n) is 7.89. The van der Waals surface area contributed by atoms with Gasteiger partial charge in [-0.25, -0.2) is 0 Å². The van der Waals surface area contributed by atoms with Gasteiger partial charge in [-0.05, 0) is 55.2 Å². The molecule has 0 aliphatic rings. The summed E-state index contributed by atoms with van der Waals surface area (Å²) in [5.41, 5.74) is 3.18. The van der Waals surface area contributed by atoms with Crippen molar-refractivity contribution in [1.82, 2.24) is 0 Å². The Morgan fingerprint density at radius 1 is 1.09 bits per heavy atom. The van der Waals surface area contributed by atoms with E-state index in [0.717, 1.165) is 29.7 Å². The van der Waals surface area contributed by atoms with Crippen molar-refractivity contribution in [3.8, 4) is 5.75 Å². The number of anilines is 1. The number of rotatable bonds is 6. The van der Waals surface area contributed by atoms with Gasteiger partial charge in [0.1, 0.15) is 5.75 Å². The number of hydrogen-bond donors (Lipinski definition) is 1. The van der Waals surface area contributed by atoms with Crippen LogP contribution in [0.15, 0.2) is 42.5 Å². The molecule has 0 spiro atoms. The molecule has 2 rings (SSSR count). The summed E-state index contributed by atoms with van der Waals surface area (Å²) in [5, 5.41) is 3.66. The van der Waals surface area contributed by atoms with E-state index in [1.165, 1.54) is 0 Å². The molecule has 0 radical (unpaired) electrons. The normalized spacial score (nSPS) is 11.8. The zero-order valence-electron chi connectivity index (χ0n) is 13.7. The first kappa shape index (κ1) is 17.4. The number of aryl methyl sites for hydroxylation is 2. The van der Waals surface area contributed by atoms with Gasteiger partial charge in [-0.1, -0.05) is 43.6 Å². The van der Waals surface area contributed by atoms with Crippen molar-refractivity contribution in [2.75, 3.05) is 5.32 Å². The summed E-state index contributed by atoms with van der Waals surface area (Å²) in [6, 6.07) is 13.1. The molecule has 0 fully saturated rings. The summed E-state index contributed by atoms with van der Waals surface area (Å²) in [7, 11) is 0. The quantitative estimate of drug-likeness (QED) is 0.820. The summed E-state index contributed by atoms with van der Waals surface area (Å²) in [6.07, 6.45) is 1.15. The molecule has 3 nitrogen and oxygen atoms in total. The fourth-order valence-corrected chi connectivity index (χ4v) is 2.52. The Labute approximate surface area is 142 Å². The van der Waals surface area contributed by atoms with Crippen molar-refractivity contribution in [1.29, 1.82) is 0 Å². The molecule has 2 aromatic rings. The second kappa shape index (κ2) is 8.02. The van der Waals surface area contributed by atoms with Crippen LogP contribution in [0.5, 0.6) is 5.75 Å². The van der Waals surface area contributed by atoms with Crippen LogP contribution in [0, 0.1) is 0 Å². The van der Waals surface area contributed by atoms with E-state index in [1.807, 2.05) is 18.2 Å². The van der Waals surface area contributed by atoms with E-state index in [-0.39, 0.29) is 5.91 Å². The Bertz CT molecular complexity index is 645. The maximum absolute atomic E-state index is 12.5. The summed E-state index contributed by atoms with van der Waals surface area (Å²) >= 11 is 5.85. The SMILES string of the molecule is CCc1cccc(CC)c1NC(=O)[C@H](C)Oc1ccc(Cl)cc1. The summed E-state index contributed by atoms with van der Waals surface area (Å²) in [5.74, 6) is 0.465. The minimum atomic E-state index is -0.592. The highest BCUT2D eigenvalue weighted by atomic mass is 35.5. The van der Waals surface area contributed by atoms with Gasteiger partial charge in [0.2, 0.25) is 0 Å². The van der Waals surface area contributed by atoms with E-state index in [1.54, 1.807) is 31.2 Å². The van der Waals surface area contributed by atoms with Gasteiger partial charge in [-0.15, -0.1) is 0 Å². The molecule has 2 aromatic carbocycles. The molecule has 0 heterocycles. The predicted molar refractivity (Wildman–Crippen MR) is 95.4 cm³/mol. The van der Waals surface area contributed by atoms with Crippen LogP contribution in [-0.4, -0.2) is 12.0 Å². The van der Waals surface area contributed by atoms with Gasteiger partial charge in [0.15, 0.2) is 6.10 Å². The third-order valence-electron chi connectivity index (χ3n) is 3.74. The van der Waals surface area contributed by atoms with Crippen LogP contribution in [0.1, 0.15) is 31.9 Å². The molecular formula is C19H22ClNO2. The Kier molecular flexibility index (Phi) is 6.05. The molecule has 4 heteroatoms. The number of carbonyl (C=O) groups excluding carboxylic acids is 1. The van der Waals surface area contributed by atoms with E-state index in [9.17, 15) is 4.79 Å². The Hall–Kier alpha value is -2.00. The van der Waals surface area contributed by atoms with Gasteiger partial charge in [0.25, 0.3) is 5.91 Å². The smallest absolute Gasteiger partial charge is 0.265 e. The minimum Gasteiger partial charge on any atom is -0.481 e. The van der Waals surface area contributed by atoms with Crippen LogP contribution in [0.4, 0.5) is 5.69 Å². The highest BCUT2D eigenvalue weighted by Crippen LogP contribution is 2.23. The maximum Gasteiger partial charge on any atom is 0.265 e. The van der Waals surface area contributed by atoms with Crippen LogP contribution in [0.3, 0.4) is 0 Å². The first-order chi connectivity index (χ1) is 11.0. The molecule has 122 valence electrons. The third kappa shape index (κ3) is 4.49. The second-order valence-electron chi connectivity index (χ2n) is 5.36. The van der Waals surface area contributed by atoms with Crippen molar-refractivity contribution in [2.24, 2.45) is 0 Å². The van der Waals surface area contributed by atoms with Crippen molar-refractivity contribution < 1.29 is 9.53 Å². The lowest BCUT2D eigenvalue weighted by atomic mass is 10.0. The number of para-hydroxylation sites is 1. The molecular weight excluding hydrogens is 310 g/mol. The topological polar surface area (TPSA) is 38.3 Å². The highest BCUT2D eigenvalue weighted by molar-refractivity contribution is 6.30. The maximum atomic E-state index is 12.5. The van der Waals surface area contributed by atoms with Crippen LogP contribution in [-0.2, 0) is 17.6 Å². The Morgan fingerprint density at radius 2 is 1.65 bits per heavy atom. The molecule has 1 amide bonds. The lowest BCUT2D eigenvalue weighted by Crippen LogP contribution is -2.30. The van der Waals surface area contributed by atoms with E-state index in [0.29, 0.717) is 10.8 Å². The van der Waals surface area contributed by atoms with Crippen molar-refractivity contribution in [2.45, 2.75) is 39.7 Å². The number of benzene rings is 2. The van der Waals surface area contributed by atoms with E-state index in [4.69, 9.17) is 16.3 Å². The fourth-order valence-electron chi connectivity index (χ4n) is 2.40. The van der Waals surface area contributed by atoms with Crippen LogP contribution in [0.2, 0.25) is 5.02 Å². The van der Waals surface area contributed by atoms with Gasteiger partial charge in [0.05, 0.1) is 0 Å². The number of carbonyl (C=O) groups is 1. The average Bonchev–Trinajstić information content (AvgIpc) is 2.56.